The van der Waals surface area contributed by atoms with E-state index in [4.69, 9.17) is 15.2 Å². The van der Waals surface area contributed by atoms with E-state index in [1.165, 1.54) is 11.1 Å². The molecule has 1 aliphatic heterocycles. The standard InChI is InChI=1S/C24H33N5O2/c1-4-5-10-30-23-28-20-19(14-27-21(20)22(25)29-23)11-17-6-8-18(9-7-17)12-24(3)15-26-13-16(2)31-24/h6-9,14,16,26-27H,4-5,10-13,15H2,1-3H3,(H2,25,28,29). The molecule has 1 aromatic carbocycles. The van der Waals surface area contributed by atoms with Crippen molar-refractivity contribution in [3.63, 3.8) is 0 Å². The van der Waals surface area contributed by atoms with Gasteiger partial charge in [0.2, 0.25) is 0 Å². The number of aromatic amines is 1. The molecule has 7 heteroatoms. The Hall–Kier alpha value is -2.64. The van der Waals surface area contributed by atoms with E-state index < -0.39 is 0 Å². The molecular weight excluding hydrogens is 390 g/mol. The fourth-order valence-electron chi connectivity index (χ4n) is 4.21. The zero-order valence-corrected chi connectivity index (χ0v) is 18.7. The minimum atomic E-state index is -0.168. The van der Waals surface area contributed by atoms with Crippen LogP contribution >= 0.6 is 0 Å². The van der Waals surface area contributed by atoms with E-state index >= 15 is 0 Å². The summed E-state index contributed by atoms with van der Waals surface area (Å²) < 4.78 is 11.9. The Morgan fingerprint density at radius 2 is 2.00 bits per heavy atom. The van der Waals surface area contributed by atoms with E-state index in [0.29, 0.717) is 18.4 Å². The highest BCUT2D eigenvalue weighted by Gasteiger charge is 2.31. The van der Waals surface area contributed by atoms with Crippen LogP contribution in [-0.4, -0.2) is 46.4 Å². The number of ether oxygens (including phenoxy) is 2. The van der Waals surface area contributed by atoms with Crippen molar-refractivity contribution >= 4 is 16.9 Å². The van der Waals surface area contributed by atoms with Crippen LogP contribution in [0.5, 0.6) is 6.01 Å². The highest BCUT2D eigenvalue weighted by molar-refractivity contribution is 5.87. The van der Waals surface area contributed by atoms with Gasteiger partial charge in [0.25, 0.3) is 0 Å². The fourth-order valence-corrected chi connectivity index (χ4v) is 4.21. The second-order valence-electron chi connectivity index (χ2n) is 8.81. The summed E-state index contributed by atoms with van der Waals surface area (Å²) in [7, 11) is 0. The van der Waals surface area contributed by atoms with E-state index in [9.17, 15) is 0 Å². The van der Waals surface area contributed by atoms with Gasteiger partial charge in [-0.1, -0.05) is 37.6 Å². The number of rotatable bonds is 8. The second kappa shape index (κ2) is 9.24. The number of benzene rings is 1. The summed E-state index contributed by atoms with van der Waals surface area (Å²) >= 11 is 0. The Balaban J connectivity index is 1.47. The lowest BCUT2D eigenvalue weighted by Gasteiger charge is -2.38. The van der Waals surface area contributed by atoms with Gasteiger partial charge >= 0.3 is 6.01 Å². The number of nitrogen functional groups attached to an aromatic ring is 1. The third-order valence-electron chi connectivity index (χ3n) is 5.75. The number of H-pyrrole nitrogens is 1. The Morgan fingerprint density at radius 1 is 1.23 bits per heavy atom. The minimum absolute atomic E-state index is 0.168. The molecule has 3 aromatic rings. The second-order valence-corrected chi connectivity index (χ2v) is 8.81. The van der Waals surface area contributed by atoms with Crippen molar-refractivity contribution in [1.82, 2.24) is 20.3 Å². The molecule has 0 bridgehead atoms. The van der Waals surface area contributed by atoms with E-state index in [0.717, 1.165) is 55.4 Å². The fraction of sp³-hybridized carbons (Fsp3) is 0.500. The van der Waals surface area contributed by atoms with Crippen molar-refractivity contribution in [1.29, 1.82) is 0 Å². The zero-order valence-electron chi connectivity index (χ0n) is 18.7. The van der Waals surface area contributed by atoms with Crippen molar-refractivity contribution in [2.75, 3.05) is 25.4 Å². The van der Waals surface area contributed by atoms with Gasteiger partial charge in [-0.25, -0.2) is 0 Å². The lowest BCUT2D eigenvalue weighted by Crippen LogP contribution is -2.52. The summed E-state index contributed by atoms with van der Waals surface area (Å²) in [4.78, 5) is 12.1. The van der Waals surface area contributed by atoms with E-state index in [1.807, 2.05) is 6.20 Å². The Kier molecular flexibility index (Phi) is 6.43. The van der Waals surface area contributed by atoms with Crippen LogP contribution in [0.3, 0.4) is 0 Å². The smallest absolute Gasteiger partial charge is 0.319 e. The molecule has 0 aliphatic carbocycles. The van der Waals surface area contributed by atoms with E-state index in [1.54, 1.807) is 0 Å². The van der Waals surface area contributed by atoms with Crippen molar-refractivity contribution in [3.05, 3.63) is 47.2 Å². The Bertz CT molecular complexity index is 1020. The number of unbranched alkanes of at least 4 members (excludes halogenated alkanes) is 1. The predicted octanol–water partition coefficient (Wildman–Crippen LogP) is 3.62. The largest absolute Gasteiger partial charge is 0.463 e. The summed E-state index contributed by atoms with van der Waals surface area (Å²) in [6.07, 6.45) is 5.88. The highest BCUT2D eigenvalue weighted by atomic mass is 16.5. The molecule has 0 saturated carbocycles. The summed E-state index contributed by atoms with van der Waals surface area (Å²) in [6, 6.07) is 9.10. The Morgan fingerprint density at radius 3 is 2.74 bits per heavy atom. The molecule has 3 heterocycles. The minimum Gasteiger partial charge on any atom is -0.463 e. The molecule has 4 N–H and O–H groups in total. The number of hydrogen-bond acceptors (Lipinski definition) is 6. The molecule has 31 heavy (non-hydrogen) atoms. The number of fused-ring (bicyclic) bond motifs is 1. The van der Waals surface area contributed by atoms with Crippen molar-refractivity contribution in [2.24, 2.45) is 0 Å². The van der Waals surface area contributed by atoms with Crippen LogP contribution in [-0.2, 0) is 17.6 Å². The normalized spacial score (nSPS) is 21.5. The number of nitrogens with one attached hydrogen (secondary N) is 2. The van der Waals surface area contributed by atoms with Gasteiger partial charge in [-0.2, -0.15) is 9.97 Å². The van der Waals surface area contributed by atoms with Crippen LogP contribution < -0.4 is 15.8 Å². The molecule has 2 atom stereocenters. The first-order chi connectivity index (χ1) is 15.0. The van der Waals surface area contributed by atoms with Gasteiger partial charge in [-0.3, -0.25) is 0 Å². The van der Waals surface area contributed by atoms with E-state index in [2.05, 4.69) is 65.3 Å². The van der Waals surface area contributed by atoms with Crippen LogP contribution in [0.15, 0.2) is 30.5 Å². The quantitative estimate of drug-likeness (QED) is 0.479. The van der Waals surface area contributed by atoms with Crippen LogP contribution in [0.4, 0.5) is 5.82 Å². The number of morpholine rings is 1. The molecular formula is C24H33N5O2. The third-order valence-corrected chi connectivity index (χ3v) is 5.75. The van der Waals surface area contributed by atoms with Gasteiger partial charge in [0.15, 0.2) is 5.82 Å². The number of aromatic nitrogens is 3. The van der Waals surface area contributed by atoms with Crippen molar-refractivity contribution in [3.8, 4) is 6.01 Å². The van der Waals surface area contributed by atoms with Crippen LogP contribution in [0.2, 0.25) is 0 Å². The third kappa shape index (κ3) is 5.17. The SMILES string of the molecule is CCCCOc1nc(N)c2[nH]cc(Cc3ccc(CC4(C)CNCC(C)O4)cc3)c2n1. The van der Waals surface area contributed by atoms with Gasteiger partial charge in [-0.05, 0) is 31.4 Å². The van der Waals surface area contributed by atoms with Gasteiger partial charge in [-0.15, -0.1) is 0 Å². The van der Waals surface area contributed by atoms with E-state index in [-0.39, 0.29) is 11.7 Å². The lowest BCUT2D eigenvalue weighted by molar-refractivity contribution is -0.0965. The van der Waals surface area contributed by atoms with Crippen LogP contribution in [0.25, 0.3) is 11.0 Å². The average Bonchev–Trinajstić information content (AvgIpc) is 3.12. The number of nitrogens with zero attached hydrogens (tertiary/aromatic N) is 2. The molecule has 1 saturated heterocycles. The molecule has 2 aromatic heterocycles. The summed E-state index contributed by atoms with van der Waals surface area (Å²) in [5.74, 6) is 0.418. The monoisotopic (exact) mass is 423 g/mol. The molecule has 0 radical (unpaired) electrons. The molecule has 2 unspecified atom stereocenters. The van der Waals surface area contributed by atoms with Crippen LogP contribution in [0, 0.1) is 0 Å². The van der Waals surface area contributed by atoms with Gasteiger partial charge in [0.05, 0.1) is 18.3 Å². The molecule has 7 nitrogen and oxygen atoms in total. The summed E-state index contributed by atoms with van der Waals surface area (Å²) in [5, 5.41) is 3.47. The predicted molar refractivity (Wildman–Crippen MR) is 123 cm³/mol. The van der Waals surface area contributed by atoms with Crippen LogP contribution in [0.1, 0.15) is 50.3 Å². The first kappa shape index (κ1) is 21.6. The molecule has 0 amide bonds. The maximum atomic E-state index is 6.19. The van der Waals surface area contributed by atoms with Gasteiger partial charge in [0.1, 0.15) is 11.0 Å². The first-order valence-corrected chi connectivity index (χ1v) is 11.2. The number of nitrogens with two attached hydrogens (primary N) is 1. The van der Waals surface area contributed by atoms with Gasteiger partial charge < -0.3 is 25.5 Å². The number of hydrogen-bond donors (Lipinski definition) is 3. The molecule has 1 fully saturated rings. The molecule has 4 rings (SSSR count). The topological polar surface area (TPSA) is 98.1 Å². The zero-order chi connectivity index (χ0) is 21.8. The molecule has 0 spiro atoms. The van der Waals surface area contributed by atoms with Crippen molar-refractivity contribution < 1.29 is 9.47 Å². The maximum Gasteiger partial charge on any atom is 0.319 e. The maximum absolute atomic E-state index is 6.19. The van der Waals surface area contributed by atoms with Gasteiger partial charge in [0, 0.05) is 37.7 Å². The summed E-state index contributed by atoms with van der Waals surface area (Å²) in [5.41, 5.74) is 11.1. The summed E-state index contributed by atoms with van der Waals surface area (Å²) in [6.45, 7) is 8.80. The first-order valence-electron chi connectivity index (χ1n) is 11.2. The molecule has 166 valence electrons. The lowest BCUT2D eigenvalue weighted by atomic mass is 9.93. The number of anilines is 1. The van der Waals surface area contributed by atoms with Crippen molar-refractivity contribution in [2.45, 2.75) is 58.2 Å². The Labute approximate surface area is 183 Å². The average molecular weight is 424 g/mol. The molecule has 1 aliphatic rings. The highest BCUT2D eigenvalue weighted by Crippen LogP contribution is 2.26.